The van der Waals surface area contributed by atoms with Crippen LogP contribution in [-0.4, -0.2) is 9.55 Å². The molecule has 0 fully saturated rings. The van der Waals surface area contributed by atoms with Gasteiger partial charge in [0.05, 0.1) is 6.33 Å². The Balaban J connectivity index is 0.000000810. The molecule has 1 rings (SSSR count). The average Bonchev–Trinajstić information content (AvgIpc) is 2.17. The normalized spacial score (nSPS) is 8.90. The van der Waals surface area contributed by atoms with Gasteiger partial charge in [-0.05, 0) is 6.42 Å². The predicted molar refractivity (Wildman–Crippen MR) is 44.2 cm³/mol. The van der Waals surface area contributed by atoms with Crippen molar-refractivity contribution >= 4 is 18.2 Å². The molecule has 4 heteroatoms. The van der Waals surface area contributed by atoms with Gasteiger partial charge in [-0.1, -0.05) is 6.92 Å². The molecule has 0 aliphatic heterocycles. The van der Waals surface area contributed by atoms with Gasteiger partial charge in [0.1, 0.15) is 5.82 Å². The molecule has 0 unspecified atom stereocenters. The molecule has 0 bridgehead atoms. The number of nitrogen functional groups attached to an aromatic ring is 1. The third-order valence-electron chi connectivity index (χ3n) is 1.14. The van der Waals surface area contributed by atoms with E-state index in [4.69, 9.17) is 5.73 Å². The third-order valence-corrected chi connectivity index (χ3v) is 1.14. The number of imidazole rings is 1. The van der Waals surface area contributed by atoms with Crippen LogP contribution in [0.5, 0.6) is 0 Å². The number of hydrogen-bond acceptors (Lipinski definition) is 2. The number of aryl methyl sites for hydroxylation is 1. The Labute approximate surface area is 66.7 Å². The van der Waals surface area contributed by atoms with Gasteiger partial charge >= 0.3 is 0 Å². The van der Waals surface area contributed by atoms with Crippen molar-refractivity contribution in [3.63, 3.8) is 0 Å². The smallest absolute Gasteiger partial charge is 0.141 e. The van der Waals surface area contributed by atoms with Crippen molar-refractivity contribution in [1.29, 1.82) is 0 Å². The van der Waals surface area contributed by atoms with E-state index in [1.807, 2.05) is 10.8 Å². The van der Waals surface area contributed by atoms with Gasteiger partial charge in [0.2, 0.25) is 0 Å². The third kappa shape index (κ3) is 2.27. The van der Waals surface area contributed by atoms with E-state index >= 15 is 0 Å². The molecular formula is C6H12ClN3. The Hall–Kier alpha value is -0.700. The number of hydrogen-bond donors (Lipinski definition) is 1. The zero-order valence-corrected chi connectivity index (χ0v) is 6.77. The molecule has 3 nitrogen and oxygen atoms in total. The second kappa shape index (κ2) is 4.17. The molecule has 58 valence electrons. The van der Waals surface area contributed by atoms with Crippen LogP contribution < -0.4 is 5.73 Å². The van der Waals surface area contributed by atoms with Crippen LogP contribution in [0.3, 0.4) is 0 Å². The fraction of sp³-hybridized carbons (Fsp3) is 0.500. The standard InChI is InChI=1S/C6H11N3.ClH/c1-2-3-9-4-6(7)8-5-9;/h4-5H,2-3,7H2,1H3;1H. The van der Waals surface area contributed by atoms with E-state index in [1.165, 1.54) is 0 Å². The highest BCUT2D eigenvalue weighted by atomic mass is 35.5. The Morgan fingerprint density at radius 1 is 1.70 bits per heavy atom. The van der Waals surface area contributed by atoms with Crippen molar-refractivity contribution < 1.29 is 0 Å². The summed E-state index contributed by atoms with van der Waals surface area (Å²) in [6.07, 6.45) is 4.71. The molecule has 0 amide bonds. The molecule has 0 atom stereocenters. The van der Waals surface area contributed by atoms with Crippen LogP contribution in [0.15, 0.2) is 12.5 Å². The van der Waals surface area contributed by atoms with E-state index in [9.17, 15) is 0 Å². The number of aromatic nitrogens is 2. The molecule has 2 N–H and O–H groups in total. The number of rotatable bonds is 2. The summed E-state index contributed by atoms with van der Waals surface area (Å²) in [6.45, 7) is 3.13. The minimum Gasteiger partial charge on any atom is -0.382 e. The Morgan fingerprint density at radius 3 is 2.80 bits per heavy atom. The van der Waals surface area contributed by atoms with Crippen LogP contribution in [0.4, 0.5) is 5.82 Å². The Bertz CT molecular complexity index is 185. The first kappa shape index (κ1) is 9.30. The highest BCUT2D eigenvalue weighted by Crippen LogP contribution is 1.96. The minimum absolute atomic E-state index is 0. The minimum atomic E-state index is 0. The first-order valence-electron chi connectivity index (χ1n) is 3.10. The molecular weight excluding hydrogens is 150 g/mol. The summed E-state index contributed by atoms with van der Waals surface area (Å²) in [5.41, 5.74) is 5.38. The SMILES string of the molecule is CCCn1cnc(N)c1.Cl. The van der Waals surface area contributed by atoms with Gasteiger partial charge in [0.15, 0.2) is 0 Å². The zero-order valence-electron chi connectivity index (χ0n) is 5.95. The van der Waals surface area contributed by atoms with Crippen molar-refractivity contribution in [1.82, 2.24) is 9.55 Å². The maximum absolute atomic E-state index is 5.38. The number of anilines is 1. The number of nitrogens with zero attached hydrogens (tertiary/aromatic N) is 2. The van der Waals surface area contributed by atoms with E-state index in [-0.39, 0.29) is 12.4 Å². The molecule has 0 saturated heterocycles. The second-order valence-electron chi connectivity index (χ2n) is 2.04. The molecule has 1 aromatic heterocycles. The van der Waals surface area contributed by atoms with Crippen molar-refractivity contribution in [3.05, 3.63) is 12.5 Å². The fourth-order valence-corrected chi connectivity index (χ4v) is 0.758. The van der Waals surface area contributed by atoms with Gasteiger partial charge in [0, 0.05) is 12.7 Å². The average molecular weight is 162 g/mol. The van der Waals surface area contributed by atoms with E-state index in [0.717, 1.165) is 13.0 Å². The van der Waals surface area contributed by atoms with E-state index in [0.29, 0.717) is 5.82 Å². The maximum atomic E-state index is 5.38. The summed E-state index contributed by atoms with van der Waals surface area (Å²) in [5.74, 6) is 0.600. The van der Waals surface area contributed by atoms with Gasteiger partial charge in [0.25, 0.3) is 0 Å². The van der Waals surface area contributed by atoms with E-state index in [1.54, 1.807) is 6.33 Å². The van der Waals surface area contributed by atoms with Crippen LogP contribution >= 0.6 is 12.4 Å². The highest BCUT2D eigenvalue weighted by Gasteiger charge is 1.89. The lowest BCUT2D eigenvalue weighted by Crippen LogP contribution is -1.91. The van der Waals surface area contributed by atoms with Gasteiger partial charge in [-0.2, -0.15) is 0 Å². The van der Waals surface area contributed by atoms with E-state index < -0.39 is 0 Å². The van der Waals surface area contributed by atoms with Gasteiger partial charge in [-0.15, -0.1) is 12.4 Å². The van der Waals surface area contributed by atoms with Crippen LogP contribution in [0.1, 0.15) is 13.3 Å². The molecule has 0 aliphatic carbocycles. The van der Waals surface area contributed by atoms with Crippen molar-refractivity contribution in [2.75, 3.05) is 5.73 Å². The highest BCUT2D eigenvalue weighted by molar-refractivity contribution is 5.85. The van der Waals surface area contributed by atoms with Crippen LogP contribution in [-0.2, 0) is 6.54 Å². The van der Waals surface area contributed by atoms with Crippen molar-refractivity contribution in [3.8, 4) is 0 Å². The first-order chi connectivity index (χ1) is 4.33. The van der Waals surface area contributed by atoms with Crippen LogP contribution in [0.2, 0.25) is 0 Å². The van der Waals surface area contributed by atoms with Gasteiger partial charge in [-0.25, -0.2) is 4.98 Å². The van der Waals surface area contributed by atoms with Crippen LogP contribution in [0, 0.1) is 0 Å². The van der Waals surface area contributed by atoms with Crippen LogP contribution in [0.25, 0.3) is 0 Å². The summed E-state index contributed by atoms with van der Waals surface area (Å²) in [6, 6.07) is 0. The Morgan fingerprint density at radius 2 is 2.40 bits per heavy atom. The molecule has 10 heavy (non-hydrogen) atoms. The lowest BCUT2D eigenvalue weighted by Gasteiger charge is -1.93. The van der Waals surface area contributed by atoms with E-state index in [2.05, 4.69) is 11.9 Å². The lowest BCUT2D eigenvalue weighted by atomic mass is 10.5. The molecule has 1 aromatic rings. The summed E-state index contributed by atoms with van der Waals surface area (Å²) >= 11 is 0. The predicted octanol–water partition coefficient (Wildman–Crippen LogP) is 1.30. The summed E-state index contributed by atoms with van der Waals surface area (Å²) in [4.78, 5) is 3.88. The monoisotopic (exact) mass is 161 g/mol. The van der Waals surface area contributed by atoms with Gasteiger partial charge < -0.3 is 10.3 Å². The van der Waals surface area contributed by atoms with Crippen molar-refractivity contribution in [2.24, 2.45) is 0 Å². The molecule has 1 heterocycles. The second-order valence-corrected chi connectivity index (χ2v) is 2.04. The lowest BCUT2D eigenvalue weighted by molar-refractivity contribution is 0.678. The maximum Gasteiger partial charge on any atom is 0.141 e. The molecule has 0 aromatic carbocycles. The topological polar surface area (TPSA) is 43.8 Å². The zero-order chi connectivity index (χ0) is 6.69. The summed E-state index contributed by atoms with van der Waals surface area (Å²) in [7, 11) is 0. The molecule has 0 saturated carbocycles. The van der Waals surface area contributed by atoms with Crippen molar-refractivity contribution in [2.45, 2.75) is 19.9 Å². The van der Waals surface area contributed by atoms with Gasteiger partial charge in [-0.3, -0.25) is 0 Å². The number of nitrogens with two attached hydrogens (primary N) is 1. The largest absolute Gasteiger partial charge is 0.382 e. The molecule has 0 spiro atoms. The number of halogens is 1. The summed E-state index contributed by atoms with van der Waals surface area (Å²) < 4.78 is 1.98. The Kier molecular flexibility index (Phi) is 3.88. The molecule has 0 aliphatic rings. The first-order valence-corrected chi connectivity index (χ1v) is 3.10. The quantitative estimate of drug-likeness (QED) is 0.711. The molecule has 0 radical (unpaired) electrons. The fourth-order valence-electron chi connectivity index (χ4n) is 0.758. The summed E-state index contributed by atoms with van der Waals surface area (Å²) in [5, 5.41) is 0.